The third-order valence-electron chi connectivity index (χ3n) is 5.09. The van der Waals surface area contributed by atoms with Gasteiger partial charge in [0.2, 0.25) is 5.91 Å². The van der Waals surface area contributed by atoms with Crippen LogP contribution in [-0.2, 0) is 4.79 Å². The summed E-state index contributed by atoms with van der Waals surface area (Å²) >= 11 is 7.56. The number of nitrogens with zero attached hydrogens (tertiary/aromatic N) is 3. The molecule has 4 aromatic rings. The average molecular weight is 463 g/mol. The Hall–Kier alpha value is -3.09. The topological polar surface area (TPSA) is 59.8 Å². The van der Waals surface area contributed by atoms with Crippen molar-refractivity contribution < 1.29 is 4.79 Å². The summed E-state index contributed by atoms with van der Waals surface area (Å²) in [5, 5.41) is 13.1. The maximum Gasteiger partial charge on any atom is 0.234 e. The van der Waals surface area contributed by atoms with Crippen molar-refractivity contribution >= 4 is 35.0 Å². The third-order valence-corrected chi connectivity index (χ3v) is 6.25. The Morgan fingerprint density at radius 2 is 1.66 bits per heavy atom. The highest BCUT2D eigenvalue weighted by molar-refractivity contribution is 7.99. The zero-order valence-electron chi connectivity index (χ0n) is 18.1. The number of carbonyl (C=O) groups excluding carboxylic acids is 1. The zero-order valence-corrected chi connectivity index (χ0v) is 19.7. The summed E-state index contributed by atoms with van der Waals surface area (Å²) in [6.45, 7) is 6.02. The minimum Gasteiger partial charge on any atom is -0.325 e. The molecule has 1 amide bonds. The lowest BCUT2D eigenvalue weighted by molar-refractivity contribution is -0.113. The van der Waals surface area contributed by atoms with Gasteiger partial charge in [-0.1, -0.05) is 71.4 Å². The first-order chi connectivity index (χ1) is 15.4. The smallest absolute Gasteiger partial charge is 0.234 e. The van der Waals surface area contributed by atoms with Gasteiger partial charge in [0.05, 0.1) is 5.75 Å². The molecular weight excluding hydrogens is 440 g/mol. The lowest BCUT2D eigenvalue weighted by atomic mass is 10.1. The number of hydrogen-bond acceptors (Lipinski definition) is 4. The molecule has 1 heterocycles. The number of benzene rings is 3. The van der Waals surface area contributed by atoms with Crippen molar-refractivity contribution in [3.63, 3.8) is 0 Å². The predicted octanol–water partition coefficient (Wildman–Crippen LogP) is 6.24. The number of aryl methyl sites for hydroxylation is 3. The fourth-order valence-electron chi connectivity index (χ4n) is 3.42. The van der Waals surface area contributed by atoms with Crippen LogP contribution in [0.4, 0.5) is 5.69 Å². The van der Waals surface area contributed by atoms with E-state index in [2.05, 4.69) is 15.5 Å². The standard InChI is InChI=1S/C25H23ClN4OS/c1-16-10-12-21(13-11-16)30-24(19-8-5-9-20(26)14-19)28-29-25(30)32-15-22(31)27-23-17(2)6-4-7-18(23)3/h4-14H,15H2,1-3H3,(H,27,31). The summed E-state index contributed by atoms with van der Waals surface area (Å²) in [5.74, 6) is 0.803. The summed E-state index contributed by atoms with van der Waals surface area (Å²) in [7, 11) is 0. The first kappa shape index (κ1) is 22.1. The molecule has 0 radical (unpaired) electrons. The molecule has 162 valence electrons. The molecule has 0 fully saturated rings. The molecule has 1 N–H and O–H groups in total. The highest BCUT2D eigenvalue weighted by Gasteiger charge is 2.18. The minimum absolute atomic E-state index is 0.0878. The quantitative estimate of drug-likeness (QED) is 0.344. The zero-order chi connectivity index (χ0) is 22.7. The monoisotopic (exact) mass is 462 g/mol. The van der Waals surface area contributed by atoms with E-state index < -0.39 is 0 Å². The van der Waals surface area contributed by atoms with Gasteiger partial charge in [0.25, 0.3) is 0 Å². The lowest BCUT2D eigenvalue weighted by Gasteiger charge is -2.12. The third kappa shape index (κ3) is 4.87. The van der Waals surface area contributed by atoms with Gasteiger partial charge in [-0.2, -0.15) is 0 Å². The molecule has 0 spiro atoms. The molecule has 32 heavy (non-hydrogen) atoms. The molecule has 0 saturated carbocycles. The number of anilines is 1. The normalized spacial score (nSPS) is 10.9. The van der Waals surface area contributed by atoms with Gasteiger partial charge in [-0.15, -0.1) is 10.2 Å². The molecule has 0 aliphatic heterocycles. The molecule has 0 bridgehead atoms. The van der Waals surface area contributed by atoms with E-state index in [0.29, 0.717) is 16.0 Å². The summed E-state index contributed by atoms with van der Waals surface area (Å²) < 4.78 is 1.96. The number of halogens is 1. The molecular formula is C25H23ClN4OS. The van der Waals surface area contributed by atoms with Gasteiger partial charge in [0.1, 0.15) is 0 Å². The number of thioether (sulfide) groups is 1. The van der Waals surface area contributed by atoms with Crippen molar-refractivity contribution in [2.75, 3.05) is 11.1 Å². The average Bonchev–Trinajstić information content (AvgIpc) is 3.19. The largest absolute Gasteiger partial charge is 0.325 e. The highest BCUT2D eigenvalue weighted by atomic mass is 35.5. The summed E-state index contributed by atoms with van der Waals surface area (Å²) in [6.07, 6.45) is 0. The van der Waals surface area contributed by atoms with E-state index in [1.165, 1.54) is 11.8 Å². The fraction of sp³-hybridized carbons (Fsp3) is 0.160. The molecule has 0 aliphatic rings. The molecule has 0 atom stereocenters. The number of carbonyl (C=O) groups is 1. The van der Waals surface area contributed by atoms with E-state index in [0.717, 1.165) is 33.6 Å². The molecule has 0 aliphatic carbocycles. The molecule has 5 nitrogen and oxygen atoms in total. The van der Waals surface area contributed by atoms with Crippen LogP contribution < -0.4 is 5.32 Å². The first-order valence-electron chi connectivity index (χ1n) is 10.2. The van der Waals surface area contributed by atoms with Crippen molar-refractivity contribution in [3.8, 4) is 17.1 Å². The Kier molecular flexibility index (Phi) is 6.63. The summed E-state index contributed by atoms with van der Waals surface area (Å²) in [4.78, 5) is 12.7. The van der Waals surface area contributed by atoms with E-state index in [1.807, 2.05) is 92.1 Å². The van der Waals surface area contributed by atoms with E-state index in [9.17, 15) is 4.79 Å². The van der Waals surface area contributed by atoms with E-state index in [4.69, 9.17) is 11.6 Å². The van der Waals surface area contributed by atoms with Gasteiger partial charge in [-0.05, 0) is 56.2 Å². The molecule has 7 heteroatoms. The van der Waals surface area contributed by atoms with Crippen LogP contribution in [0.5, 0.6) is 0 Å². The Labute approximate surface area is 196 Å². The summed E-state index contributed by atoms with van der Waals surface area (Å²) in [5.41, 5.74) is 5.88. The maximum absolute atomic E-state index is 12.7. The Balaban J connectivity index is 1.62. The SMILES string of the molecule is Cc1ccc(-n2c(SCC(=O)Nc3c(C)cccc3C)nnc2-c2cccc(Cl)c2)cc1. The van der Waals surface area contributed by atoms with Crippen LogP contribution in [0.1, 0.15) is 16.7 Å². The lowest BCUT2D eigenvalue weighted by Crippen LogP contribution is -2.16. The van der Waals surface area contributed by atoms with Crippen LogP contribution in [0.15, 0.2) is 71.9 Å². The van der Waals surface area contributed by atoms with Crippen LogP contribution in [-0.4, -0.2) is 26.4 Å². The van der Waals surface area contributed by atoms with Crippen molar-refractivity contribution in [2.45, 2.75) is 25.9 Å². The van der Waals surface area contributed by atoms with Crippen molar-refractivity contribution in [1.29, 1.82) is 0 Å². The first-order valence-corrected chi connectivity index (χ1v) is 11.6. The molecule has 3 aromatic carbocycles. The second-order valence-corrected chi connectivity index (χ2v) is 8.97. The Morgan fingerprint density at radius 3 is 2.34 bits per heavy atom. The van der Waals surface area contributed by atoms with Crippen molar-refractivity contribution in [3.05, 3.63) is 88.4 Å². The van der Waals surface area contributed by atoms with Crippen molar-refractivity contribution in [1.82, 2.24) is 14.8 Å². The van der Waals surface area contributed by atoms with E-state index in [1.54, 1.807) is 0 Å². The van der Waals surface area contributed by atoms with Gasteiger partial charge < -0.3 is 5.32 Å². The Bertz CT molecular complexity index is 1250. The van der Waals surface area contributed by atoms with Crippen LogP contribution in [0.25, 0.3) is 17.1 Å². The van der Waals surface area contributed by atoms with Crippen LogP contribution >= 0.6 is 23.4 Å². The second kappa shape index (κ2) is 9.59. The van der Waals surface area contributed by atoms with Gasteiger partial charge >= 0.3 is 0 Å². The van der Waals surface area contributed by atoms with Gasteiger partial charge in [-0.25, -0.2) is 0 Å². The molecule has 0 saturated heterocycles. The van der Waals surface area contributed by atoms with Gasteiger partial charge in [0.15, 0.2) is 11.0 Å². The van der Waals surface area contributed by atoms with Gasteiger partial charge in [0, 0.05) is 22.0 Å². The van der Waals surface area contributed by atoms with Crippen molar-refractivity contribution in [2.24, 2.45) is 0 Å². The molecule has 0 unspecified atom stereocenters. The highest BCUT2D eigenvalue weighted by Crippen LogP contribution is 2.29. The minimum atomic E-state index is -0.0878. The number of rotatable bonds is 6. The number of nitrogens with one attached hydrogen (secondary N) is 1. The number of amides is 1. The fourth-order valence-corrected chi connectivity index (χ4v) is 4.36. The number of hydrogen-bond donors (Lipinski definition) is 1. The van der Waals surface area contributed by atoms with E-state index in [-0.39, 0.29) is 11.7 Å². The van der Waals surface area contributed by atoms with Crippen LogP contribution in [0.3, 0.4) is 0 Å². The number of aromatic nitrogens is 3. The van der Waals surface area contributed by atoms with E-state index >= 15 is 0 Å². The summed E-state index contributed by atoms with van der Waals surface area (Å²) in [6, 6.07) is 21.6. The maximum atomic E-state index is 12.7. The van der Waals surface area contributed by atoms with Gasteiger partial charge in [-0.3, -0.25) is 9.36 Å². The number of para-hydroxylation sites is 1. The Morgan fingerprint density at radius 1 is 0.969 bits per heavy atom. The van der Waals surface area contributed by atoms with Crippen LogP contribution in [0.2, 0.25) is 5.02 Å². The van der Waals surface area contributed by atoms with Crippen LogP contribution in [0, 0.1) is 20.8 Å². The second-order valence-electron chi connectivity index (χ2n) is 7.59. The predicted molar refractivity (Wildman–Crippen MR) is 132 cm³/mol. The molecule has 1 aromatic heterocycles. The molecule has 4 rings (SSSR count).